The first-order valence-electron chi connectivity index (χ1n) is 6.99. The highest BCUT2D eigenvalue weighted by atomic mass is 35.5. The van der Waals surface area contributed by atoms with Gasteiger partial charge in [0.15, 0.2) is 0 Å². The summed E-state index contributed by atoms with van der Waals surface area (Å²) in [7, 11) is 0. The van der Waals surface area contributed by atoms with Crippen molar-refractivity contribution in [3.8, 4) is 5.75 Å². The van der Waals surface area contributed by atoms with E-state index in [0.29, 0.717) is 12.2 Å². The lowest BCUT2D eigenvalue weighted by Gasteiger charge is -2.25. The van der Waals surface area contributed by atoms with Crippen LogP contribution in [0.5, 0.6) is 5.75 Å². The second-order valence-corrected chi connectivity index (χ2v) is 4.91. The number of para-hydroxylation sites is 1. The molecule has 0 spiro atoms. The number of aryl methyl sites for hydroxylation is 1. The lowest BCUT2D eigenvalue weighted by Crippen LogP contribution is -2.35. The normalized spacial score (nSPS) is 10.8. The number of anilines is 1. The number of alkyl halides is 3. The van der Waals surface area contributed by atoms with Crippen LogP contribution in [0.25, 0.3) is 0 Å². The minimum Gasteiger partial charge on any atom is -0.433 e. The summed E-state index contributed by atoms with van der Waals surface area (Å²) in [5, 5.41) is 0. The summed E-state index contributed by atoms with van der Waals surface area (Å²) in [6.07, 6.45) is 1.80. The molecule has 1 amide bonds. The molecule has 0 aliphatic rings. The summed E-state index contributed by atoms with van der Waals surface area (Å²) in [5.74, 6) is -0.793. The van der Waals surface area contributed by atoms with E-state index in [9.17, 15) is 13.6 Å². The molecule has 0 aliphatic carbocycles. The number of carbonyl (C=O) groups is 1. The zero-order valence-electron chi connectivity index (χ0n) is 12.7. The van der Waals surface area contributed by atoms with Gasteiger partial charge in [0.2, 0.25) is 5.91 Å². The van der Waals surface area contributed by atoms with Gasteiger partial charge in [-0.1, -0.05) is 25.5 Å². The Labute approximate surface area is 133 Å². The van der Waals surface area contributed by atoms with Crippen LogP contribution in [0.1, 0.15) is 25.3 Å². The molecule has 1 rings (SSSR count). The molecule has 0 heterocycles. The number of halogens is 3. The minimum absolute atomic E-state index is 0.0595. The maximum Gasteiger partial charge on any atom is 0.387 e. The fraction of sp³-hybridized carbons (Fsp3) is 0.533. The molecule has 7 heteroatoms. The van der Waals surface area contributed by atoms with E-state index in [2.05, 4.69) is 4.74 Å². The van der Waals surface area contributed by atoms with Crippen LogP contribution in [-0.2, 0) is 9.53 Å². The highest BCUT2D eigenvalue weighted by molar-refractivity contribution is 6.29. The largest absolute Gasteiger partial charge is 0.433 e. The number of unbranched alkanes of at least 4 members (excludes halogenated alkanes) is 1. The quantitative estimate of drug-likeness (QED) is 0.390. The lowest BCUT2D eigenvalue weighted by molar-refractivity contribution is -0.117. The van der Waals surface area contributed by atoms with E-state index in [1.165, 1.54) is 11.0 Å². The van der Waals surface area contributed by atoms with Gasteiger partial charge < -0.3 is 9.47 Å². The Morgan fingerprint density at radius 3 is 2.73 bits per heavy atom. The lowest BCUT2D eigenvalue weighted by atomic mass is 10.1. The molecular weight excluding hydrogens is 316 g/mol. The van der Waals surface area contributed by atoms with Crippen molar-refractivity contribution in [1.82, 2.24) is 0 Å². The van der Waals surface area contributed by atoms with Gasteiger partial charge in [-0.15, -0.1) is 11.6 Å². The van der Waals surface area contributed by atoms with Crippen molar-refractivity contribution in [2.45, 2.75) is 33.3 Å². The van der Waals surface area contributed by atoms with Crippen molar-refractivity contribution < 1.29 is 23.0 Å². The number of nitrogens with zero attached hydrogens (tertiary/aromatic N) is 1. The van der Waals surface area contributed by atoms with Crippen LogP contribution in [0, 0.1) is 6.92 Å². The first-order valence-corrected chi connectivity index (χ1v) is 7.53. The van der Waals surface area contributed by atoms with Gasteiger partial charge in [0, 0.05) is 6.61 Å². The van der Waals surface area contributed by atoms with E-state index in [4.69, 9.17) is 16.3 Å². The summed E-state index contributed by atoms with van der Waals surface area (Å²) >= 11 is 5.61. The Balaban J connectivity index is 3.04. The molecule has 0 bridgehead atoms. The molecule has 0 aromatic heterocycles. The SMILES string of the molecule is CCCCOCN(C(=O)CCl)c1c(C)cccc1OC(F)F. The number of amides is 1. The Kier molecular flexibility index (Phi) is 8.12. The topological polar surface area (TPSA) is 38.8 Å². The van der Waals surface area contributed by atoms with Gasteiger partial charge >= 0.3 is 6.61 Å². The Hall–Kier alpha value is -1.40. The molecule has 0 fully saturated rings. The van der Waals surface area contributed by atoms with Crippen LogP contribution in [0.2, 0.25) is 0 Å². The van der Waals surface area contributed by atoms with Crippen LogP contribution in [0.3, 0.4) is 0 Å². The van der Waals surface area contributed by atoms with Crippen LogP contribution in [0.4, 0.5) is 14.5 Å². The molecule has 1 aromatic carbocycles. The molecular formula is C15H20ClF2NO3. The van der Waals surface area contributed by atoms with Crippen LogP contribution >= 0.6 is 11.6 Å². The van der Waals surface area contributed by atoms with Crippen LogP contribution in [-0.4, -0.2) is 31.7 Å². The van der Waals surface area contributed by atoms with Gasteiger partial charge in [-0.25, -0.2) is 0 Å². The molecule has 0 atom stereocenters. The molecule has 0 N–H and O–H groups in total. The van der Waals surface area contributed by atoms with Crippen molar-refractivity contribution in [2.75, 3.05) is 24.1 Å². The molecule has 0 saturated carbocycles. The van der Waals surface area contributed by atoms with E-state index in [-0.39, 0.29) is 24.0 Å². The monoisotopic (exact) mass is 335 g/mol. The number of rotatable bonds is 9. The second kappa shape index (κ2) is 9.58. The van der Waals surface area contributed by atoms with E-state index in [1.54, 1.807) is 19.1 Å². The van der Waals surface area contributed by atoms with Crippen LogP contribution < -0.4 is 9.64 Å². The van der Waals surface area contributed by atoms with Gasteiger partial charge in [-0.3, -0.25) is 9.69 Å². The maximum absolute atomic E-state index is 12.5. The first kappa shape index (κ1) is 18.6. The van der Waals surface area contributed by atoms with E-state index in [1.807, 2.05) is 6.92 Å². The fourth-order valence-electron chi connectivity index (χ4n) is 1.90. The Morgan fingerprint density at radius 2 is 2.14 bits per heavy atom. The van der Waals surface area contributed by atoms with Crippen molar-refractivity contribution in [2.24, 2.45) is 0 Å². The summed E-state index contributed by atoms with van der Waals surface area (Å²) < 4.78 is 35.0. The number of ether oxygens (including phenoxy) is 2. The smallest absolute Gasteiger partial charge is 0.387 e. The number of carbonyl (C=O) groups excluding carboxylic acids is 1. The molecule has 1 aromatic rings. The van der Waals surface area contributed by atoms with Gasteiger partial charge in [-0.05, 0) is 25.0 Å². The predicted molar refractivity (Wildman–Crippen MR) is 81.7 cm³/mol. The summed E-state index contributed by atoms with van der Waals surface area (Å²) in [6.45, 7) is 1.15. The third-order valence-corrected chi connectivity index (χ3v) is 3.19. The average molecular weight is 336 g/mol. The third kappa shape index (κ3) is 5.42. The number of benzene rings is 1. The van der Waals surface area contributed by atoms with Crippen molar-refractivity contribution >= 4 is 23.2 Å². The molecule has 4 nitrogen and oxygen atoms in total. The highest BCUT2D eigenvalue weighted by Crippen LogP contribution is 2.33. The van der Waals surface area contributed by atoms with E-state index >= 15 is 0 Å². The predicted octanol–water partition coefficient (Wildman–Crippen LogP) is 3.94. The Morgan fingerprint density at radius 1 is 1.41 bits per heavy atom. The van der Waals surface area contributed by atoms with E-state index in [0.717, 1.165) is 12.8 Å². The van der Waals surface area contributed by atoms with E-state index < -0.39 is 12.5 Å². The number of hydrogen-bond acceptors (Lipinski definition) is 3. The fourth-order valence-corrected chi connectivity index (χ4v) is 2.05. The molecule has 124 valence electrons. The van der Waals surface area contributed by atoms with Crippen LogP contribution in [0.15, 0.2) is 18.2 Å². The summed E-state index contributed by atoms with van der Waals surface area (Å²) in [6, 6.07) is 4.67. The molecule has 0 aliphatic heterocycles. The summed E-state index contributed by atoms with van der Waals surface area (Å²) in [4.78, 5) is 13.3. The van der Waals surface area contributed by atoms with Gasteiger partial charge in [0.25, 0.3) is 0 Å². The van der Waals surface area contributed by atoms with Gasteiger partial charge in [-0.2, -0.15) is 8.78 Å². The zero-order valence-corrected chi connectivity index (χ0v) is 13.4. The minimum atomic E-state index is -2.98. The number of hydrogen-bond donors (Lipinski definition) is 0. The average Bonchev–Trinajstić information content (AvgIpc) is 2.47. The molecule has 0 radical (unpaired) electrons. The zero-order chi connectivity index (χ0) is 16.5. The molecule has 0 unspecified atom stereocenters. The van der Waals surface area contributed by atoms with Gasteiger partial charge in [0.05, 0.1) is 5.69 Å². The maximum atomic E-state index is 12.5. The van der Waals surface area contributed by atoms with Gasteiger partial charge in [0.1, 0.15) is 18.4 Å². The standard InChI is InChI=1S/C15H20ClF2NO3/c1-3-4-8-21-10-19(13(20)9-16)14-11(2)6-5-7-12(14)22-15(17)18/h5-7,15H,3-4,8-10H2,1-2H3. The second-order valence-electron chi connectivity index (χ2n) is 4.65. The Bertz CT molecular complexity index is 486. The molecule has 22 heavy (non-hydrogen) atoms. The van der Waals surface area contributed by atoms with Crippen molar-refractivity contribution in [3.05, 3.63) is 23.8 Å². The third-order valence-electron chi connectivity index (χ3n) is 2.96. The van der Waals surface area contributed by atoms with Crippen molar-refractivity contribution in [1.29, 1.82) is 0 Å². The summed E-state index contributed by atoms with van der Waals surface area (Å²) in [5.41, 5.74) is 0.876. The van der Waals surface area contributed by atoms with Crippen molar-refractivity contribution in [3.63, 3.8) is 0 Å². The molecule has 0 saturated heterocycles. The first-order chi connectivity index (χ1) is 10.5. The highest BCUT2D eigenvalue weighted by Gasteiger charge is 2.22.